The maximum absolute atomic E-state index is 11.9. The molecule has 0 aromatic heterocycles. The fraction of sp³-hybridized carbons (Fsp3) is 0.929. The third-order valence-electron chi connectivity index (χ3n) is 4.14. The minimum atomic E-state index is -0.314. The maximum atomic E-state index is 11.9. The van der Waals surface area contributed by atoms with Crippen LogP contribution in [0.5, 0.6) is 0 Å². The molecule has 1 amide bonds. The van der Waals surface area contributed by atoms with Gasteiger partial charge in [0, 0.05) is 25.2 Å². The molecule has 1 saturated carbocycles. The van der Waals surface area contributed by atoms with E-state index < -0.39 is 0 Å². The van der Waals surface area contributed by atoms with Crippen LogP contribution in [0, 0.1) is 0 Å². The van der Waals surface area contributed by atoms with Crippen molar-refractivity contribution in [1.82, 2.24) is 10.2 Å². The van der Waals surface area contributed by atoms with E-state index in [0.29, 0.717) is 6.04 Å². The Labute approximate surface area is 110 Å². The molecule has 1 heterocycles. The Morgan fingerprint density at radius 3 is 2.56 bits per heavy atom. The molecule has 4 heteroatoms. The SMILES string of the molecule is CCCCC(N)C(=O)NC1CCN(C2CC2)CC1. The molecule has 2 aliphatic rings. The predicted octanol–water partition coefficient (Wildman–Crippen LogP) is 1.25. The number of likely N-dealkylation sites (tertiary alicyclic amines) is 1. The molecule has 2 rings (SSSR count). The minimum Gasteiger partial charge on any atom is -0.352 e. The molecule has 1 aliphatic heterocycles. The number of hydrogen-bond acceptors (Lipinski definition) is 3. The summed E-state index contributed by atoms with van der Waals surface area (Å²) < 4.78 is 0. The van der Waals surface area contributed by atoms with Gasteiger partial charge in [-0.3, -0.25) is 4.79 Å². The highest BCUT2D eigenvalue weighted by molar-refractivity contribution is 5.81. The second kappa shape index (κ2) is 6.53. The summed E-state index contributed by atoms with van der Waals surface area (Å²) >= 11 is 0. The number of unbranched alkanes of at least 4 members (excludes halogenated alkanes) is 1. The molecule has 1 saturated heterocycles. The zero-order valence-corrected chi connectivity index (χ0v) is 11.5. The van der Waals surface area contributed by atoms with Crippen molar-refractivity contribution in [2.45, 2.75) is 70.0 Å². The van der Waals surface area contributed by atoms with E-state index in [2.05, 4.69) is 17.1 Å². The third-order valence-corrected chi connectivity index (χ3v) is 4.14. The molecule has 0 spiro atoms. The zero-order chi connectivity index (χ0) is 13.0. The molecule has 0 aromatic carbocycles. The Balaban J connectivity index is 1.65. The zero-order valence-electron chi connectivity index (χ0n) is 11.5. The van der Waals surface area contributed by atoms with Crippen molar-refractivity contribution in [3.05, 3.63) is 0 Å². The van der Waals surface area contributed by atoms with Crippen molar-refractivity contribution in [3.63, 3.8) is 0 Å². The average molecular weight is 253 g/mol. The first-order valence-corrected chi connectivity index (χ1v) is 7.50. The number of piperidine rings is 1. The van der Waals surface area contributed by atoms with Crippen LogP contribution < -0.4 is 11.1 Å². The second-order valence-corrected chi connectivity index (χ2v) is 5.80. The Hall–Kier alpha value is -0.610. The van der Waals surface area contributed by atoms with Crippen LogP contribution in [0.4, 0.5) is 0 Å². The highest BCUT2D eigenvalue weighted by Gasteiger charge is 2.32. The number of hydrogen-bond donors (Lipinski definition) is 2. The van der Waals surface area contributed by atoms with E-state index in [1.54, 1.807) is 0 Å². The predicted molar refractivity (Wildman–Crippen MR) is 73.3 cm³/mol. The smallest absolute Gasteiger partial charge is 0.237 e. The van der Waals surface area contributed by atoms with Crippen molar-refractivity contribution < 1.29 is 4.79 Å². The molecule has 18 heavy (non-hydrogen) atoms. The molecule has 1 aliphatic carbocycles. The van der Waals surface area contributed by atoms with E-state index >= 15 is 0 Å². The van der Waals surface area contributed by atoms with Gasteiger partial charge in [0.25, 0.3) is 0 Å². The number of nitrogens with one attached hydrogen (secondary N) is 1. The van der Waals surface area contributed by atoms with Gasteiger partial charge in [-0.1, -0.05) is 19.8 Å². The summed E-state index contributed by atoms with van der Waals surface area (Å²) in [4.78, 5) is 14.5. The van der Waals surface area contributed by atoms with Crippen LogP contribution in [-0.4, -0.2) is 42.0 Å². The quantitative estimate of drug-likeness (QED) is 0.749. The van der Waals surface area contributed by atoms with Gasteiger partial charge in [-0.05, 0) is 32.1 Å². The van der Waals surface area contributed by atoms with Crippen LogP contribution in [0.3, 0.4) is 0 Å². The monoisotopic (exact) mass is 253 g/mol. The highest BCUT2D eigenvalue weighted by atomic mass is 16.2. The van der Waals surface area contributed by atoms with E-state index in [4.69, 9.17) is 5.73 Å². The summed E-state index contributed by atoms with van der Waals surface area (Å²) in [5.74, 6) is 0.0494. The van der Waals surface area contributed by atoms with Gasteiger partial charge in [-0.25, -0.2) is 0 Å². The van der Waals surface area contributed by atoms with E-state index in [9.17, 15) is 4.79 Å². The third kappa shape index (κ3) is 3.95. The lowest BCUT2D eigenvalue weighted by Gasteiger charge is -2.32. The molecule has 0 bridgehead atoms. The summed E-state index contributed by atoms with van der Waals surface area (Å²) in [6.07, 6.45) is 7.86. The Morgan fingerprint density at radius 2 is 2.00 bits per heavy atom. The van der Waals surface area contributed by atoms with Crippen molar-refractivity contribution in [2.24, 2.45) is 5.73 Å². The van der Waals surface area contributed by atoms with Crippen molar-refractivity contribution >= 4 is 5.91 Å². The fourth-order valence-corrected chi connectivity index (χ4v) is 2.71. The number of carbonyl (C=O) groups excluding carboxylic acids is 1. The first-order chi connectivity index (χ1) is 8.70. The molecule has 4 nitrogen and oxygen atoms in total. The van der Waals surface area contributed by atoms with Crippen LogP contribution >= 0.6 is 0 Å². The molecular formula is C14H27N3O. The summed E-state index contributed by atoms with van der Waals surface area (Å²) in [5, 5.41) is 3.12. The molecule has 0 aromatic rings. The largest absolute Gasteiger partial charge is 0.352 e. The van der Waals surface area contributed by atoms with Gasteiger partial charge in [0.1, 0.15) is 0 Å². The number of amides is 1. The van der Waals surface area contributed by atoms with Gasteiger partial charge in [0.05, 0.1) is 6.04 Å². The van der Waals surface area contributed by atoms with Gasteiger partial charge >= 0.3 is 0 Å². The Bertz CT molecular complexity index is 270. The molecule has 1 atom stereocenters. The number of nitrogens with zero attached hydrogens (tertiary/aromatic N) is 1. The highest BCUT2D eigenvalue weighted by Crippen LogP contribution is 2.29. The normalized spacial score (nSPS) is 23.9. The molecule has 104 valence electrons. The molecule has 3 N–H and O–H groups in total. The minimum absolute atomic E-state index is 0.0494. The summed E-state index contributed by atoms with van der Waals surface area (Å²) in [6.45, 7) is 4.40. The van der Waals surface area contributed by atoms with E-state index in [0.717, 1.165) is 51.2 Å². The van der Waals surface area contributed by atoms with Gasteiger partial charge in [-0.15, -0.1) is 0 Å². The summed E-state index contributed by atoms with van der Waals surface area (Å²) in [7, 11) is 0. The van der Waals surface area contributed by atoms with E-state index in [-0.39, 0.29) is 11.9 Å². The topological polar surface area (TPSA) is 58.4 Å². The Morgan fingerprint density at radius 1 is 1.33 bits per heavy atom. The van der Waals surface area contributed by atoms with Crippen LogP contribution in [0.2, 0.25) is 0 Å². The second-order valence-electron chi connectivity index (χ2n) is 5.80. The van der Waals surface area contributed by atoms with E-state index in [1.807, 2.05) is 0 Å². The van der Waals surface area contributed by atoms with Crippen LogP contribution in [0.15, 0.2) is 0 Å². The number of rotatable bonds is 6. The average Bonchev–Trinajstić information content (AvgIpc) is 3.21. The van der Waals surface area contributed by atoms with Crippen molar-refractivity contribution in [3.8, 4) is 0 Å². The van der Waals surface area contributed by atoms with Crippen LogP contribution in [-0.2, 0) is 4.79 Å². The lowest BCUT2D eigenvalue weighted by atomic mass is 10.0. The lowest BCUT2D eigenvalue weighted by molar-refractivity contribution is -0.123. The van der Waals surface area contributed by atoms with Crippen molar-refractivity contribution in [1.29, 1.82) is 0 Å². The summed E-state index contributed by atoms with van der Waals surface area (Å²) in [6, 6.07) is 0.889. The molecule has 1 unspecified atom stereocenters. The summed E-state index contributed by atoms with van der Waals surface area (Å²) in [5.41, 5.74) is 5.88. The number of nitrogens with two attached hydrogens (primary N) is 1. The molecular weight excluding hydrogens is 226 g/mol. The molecule has 2 fully saturated rings. The Kier molecular flexibility index (Phi) is 5.01. The lowest BCUT2D eigenvalue weighted by Crippen LogP contribution is -2.49. The number of carbonyl (C=O) groups is 1. The van der Waals surface area contributed by atoms with Crippen LogP contribution in [0.25, 0.3) is 0 Å². The fourth-order valence-electron chi connectivity index (χ4n) is 2.71. The standard InChI is InChI=1S/C14H27N3O/c1-2-3-4-13(15)14(18)16-11-7-9-17(10-8-11)12-5-6-12/h11-13H,2-10,15H2,1H3,(H,16,18). The van der Waals surface area contributed by atoms with E-state index in [1.165, 1.54) is 12.8 Å². The van der Waals surface area contributed by atoms with Gasteiger partial charge < -0.3 is 16.0 Å². The van der Waals surface area contributed by atoms with Gasteiger partial charge in [0.2, 0.25) is 5.91 Å². The maximum Gasteiger partial charge on any atom is 0.237 e. The van der Waals surface area contributed by atoms with Crippen LogP contribution in [0.1, 0.15) is 51.9 Å². The van der Waals surface area contributed by atoms with Crippen molar-refractivity contribution in [2.75, 3.05) is 13.1 Å². The van der Waals surface area contributed by atoms with Gasteiger partial charge in [0.15, 0.2) is 0 Å². The first kappa shape index (κ1) is 13.8. The van der Waals surface area contributed by atoms with Gasteiger partial charge in [-0.2, -0.15) is 0 Å². The first-order valence-electron chi connectivity index (χ1n) is 7.50. The molecule has 0 radical (unpaired) electrons.